The minimum absolute atomic E-state index is 0.288. The van der Waals surface area contributed by atoms with Crippen LogP contribution in [0.1, 0.15) is 18.9 Å². The van der Waals surface area contributed by atoms with E-state index in [0.717, 1.165) is 12.8 Å². The number of aryl methyl sites for hydroxylation is 2. The zero-order valence-corrected chi connectivity index (χ0v) is 9.40. The minimum Gasteiger partial charge on any atom is -0.351 e. The van der Waals surface area contributed by atoms with Crippen LogP contribution < -0.4 is 5.73 Å². The highest BCUT2D eigenvalue weighted by Gasteiger charge is 2.01. The molecule has 0 aliphatic carbocycles. The van der Waals surface area contributed by atoms with E-state index in [-0.39, 0.29) is 6.04 Å². The van der Waals surface area contributed by atoms with E-state index < -0.39 is 0 Å². The normalized spacial score (nSPS) is 13.3. The molecule has 2 aromatic rings. The second-order valence-electron chi connectivity index (χ2n) is 4.34. The van der Waals surface area contributed by atoms with Crippen LogP contribution in [0.5, 0.6) is 0 Å². The van der Waals surface area contributed by atoms with Gasteiger partial charge in [0.15, 0.2) is 0 Å². The van der Waals surface area contributed by atoms with E-state index in [4.69, 9.17) is 5.73 Å². The molecule has 0 radical (unpaired) electrons. The lowest BCUT2D eigenvalue weighted by molar-refractivity contribution is 0.666. The second-order valence-corrected chi connectivity index (χ2v) is 4.34. The Labute approximate surface area is 90.7 Å². The molecule has 0 unspecified atom stereocenters. The first-order chi connectivity index (χ1) is 7.16. The Hall–Kier alpha value is -1.28. The number of hydrogen-bond donors (Lipinski definition) is 1. The summed E-state index contributed by atoms with van der Waals surface area (Å²) in [6.07, 6.45) is 4.22. The molecule has 0 amide bonds. The van der Waals surface area contributed by atoms with Gasteiger partial charge in [-0.15, -0.1) is 0 Å². The monoisotopic (exact) mass is 202 g/mol. The van der Waals surface area contributed by atoms with Crippen molar-refractivity contribution in [2.45, 2.75) is 25.8 Å². The van der Waals surface area contributed by atoms with Gasteiger partial charge in [0.25, 0.3) is 0 Å². The Balaban J connectivity index is 2.23. The summed E-state index contributed by atoms with van der Waals surface area (Å²) in [5, 5.41) is 1.32. The molecule has 1 aromatic heterocycles. The van der Waals surface area contributed by atoms with Crippen molar-refractivity contribution < 1.29 is 0 Å². The standard InChI is InChI=1S/C13H18N2/c1-10(14)3-4-11-5-6-13-12(9-11)7-8-15(13)2/h5-10H,3-4,14H2,1-2H3/t10-/m1/s1. The van der Waals surface area contributed by atoms with Gasteiger partial charge in [-0.1, -0.05) is 6.07 Å². The van der Waals surface area contributed by atoms with Crippen LogP contribution in [0.3, 0.4) is 0 Å². The summed E-state index contributed by atoms with van der Waals surface area (Å²) < 4.78 is 2.14. The Kier molecular flexibility index (Phi) is 2.78. The molecule has 80 valence electrons. The number of benzene rings is 1. The molecule has 0 bridgehead atoms. The first-order valence-corrected chi connectivity index (χ1v) is 5.46. The predicted molar refractivity (Wildman–Crippen MR) is 64.9 cm³/mol. The zero-order chi connectivity index (χ0) is 10.8. The fraction of sp³-hybridized carbons (Fsp3) is 0.385. The third kappa shape index (κ3) is 2.21. The molecule has 15 heavy (non-hydrogen) atoms. The second kappa shape index (κ2) is 4.07. The lowest BCUT2D eigenvalue weighted by Crippen LogP contribution is -2.15. The predicted octanol–water partition coefficient (Wildman–Crippen LogP) is 2.46. The lowest BCUT2D eigenvalue weighted by atomic mass is 10.1. The van der Waals surface area contributed by atoms with Crippen molar-refractivity contribution >= 4 is 10.9 Å². The average Bonchev–Trinajstić information content (AvgIpc) is 2.57. The smallest absolute Gasteiger partial charge is 0.0477 e. The summed E-state index contributed by atoms with van der Waals surface area (Å²) >= 11 is 0. The van der Waals surface area contributed by atoms with E-state index in [1.165, 1.54) is 16.5 Å². The maximum absolute atomic E-state index is 5.75. The largest absolute Gasteiger partial charge is 0.351 e. The summed E-state index contributed by atoms with van der Waals surface area (Å²) in [7, 11) is 2.07. The maximum atomic E-state index is 5.75. The number of fused-ring (bicyclic) bond motifs is 1. The Bertz CT molecular complexity index is 455. The summed E-state index contributed by atoms with van der Waals surface area (Å²) in [5.74, 6) is 0. The van der Waals surface area contributed by atoms with Crippen molar-refractivity contribution in [1.29, 1.82) is 0 Å². The molecule has 2 rings (SSSR count). The van der Waals surface area contributed by atoms with Crippen LogP contribution in [-0.2, 0) is 13.5 Å². The molecule has 0 spiro atoms. The molecule has 0 fully saturated rings. The fourth-order valence-corrected chi connectivity index (χ4v) is 1.88. The van der Waals surface area contributed by atoms with E-state index in [1.807, 2.05) is 0 Å². The molecule has 2 heteroatoms. The van der Waals surface area contributed by atoms with E-state index in [9.17, 15) is 0 Å². The van der Waals surface area contributed by atoms with Gasteiger partial charge < -0.3 is 10.3 Å². The van der Waals surface area contributed by atoms with E-state index >= 15 is 0 Å². The molecule has 1 aromatic carbocycles. The van der Waals surface area contributed by atoms with Crippen LogP contribution in [0.4, 0.5) is 0 Å². The van der Waals surface area contributed by atoms with Crippen LogP contribution in [0.2, 0.25) is 0 Å². The topological polar surface area (TPSA) is 30.9 Å². The van der Waals surface area contributed by atoms with Gasteiger partial charge in [-0.3, -0.25) is 0 Å². The number of nitrogens with two attached hydrogens (primary N) is 1. The van der Waals surface area contributed by atoms with Gasteiger partial charge in [0.05, 0.1) is 0 Å². The van der Waals surface area contributed by atoms with Gasteiger partial charge in [0, 0.05) is 24.8 Å². The minimum atomic E-state index is 0.288. The SMILES string of the molecule is C[C@@H](N)CCc1ccc2c(ccn2C)c1. The van der Waals surface area contributed by atoms with Gasteiger partial charge in [0.1, 0.15) is 0 Å². The molecular formula is C13H18N2. The number of aromatic nitrogens is 1. The van der Waals surface area contributed by atoms with E-state index in [2.05, 4.69) is 49.0 Å². The van der Waals surface area contributed by atoms with E-state index in [1.54, 1.807) is 0 Å². The molecular weight excluding hydrogens is 184 g/mol. The van der Waals surface area contributed by atoms with Crippen LogP contribution in [-0.4, -0.2) is 10.6 Å². The zero-order valence-electron chi connectivity index (χ0n) is 9.40. The highest BCUT2D eigenvalue weighted by atomic mass is 14.9. The van der Waals surface area contributed by atoms with Crippen LogP contribution in [0.15, 0.2) is 30.5 Å². The number of rotatable bonds is 3. The quantitative estimate of drug-likeness (QED) is 0.814. The molecule has 1 heterocycles. The van der Waals surface area contributed by atoms with Crippen molar-refractivity contribution in [2.75, 3.05) is 0 Å². The molecule has 2 N–H and O–H groups in total. The van der Waals surface area contributed by atoms with Gasteiger partial charge in [-0.25, -0.2) is 0 Å². The average molecular weight is 202 g/mol. The Morgan fingerprint density at radius 1 is 1.33 bits per heavy atom. The molecule has 0 saturated carbocycles. The third-order valence-corrected chi connectivity index (χ3v) is 2.84. The first kappa shape index (κ1) is 10.2. The van der Waals surface area contributed by atoms with Gasteiger partial charge in [-0.2, -0.15) is 0 Å². The number of hydrogen-bond acceptors (Lipinski definition) is 1. The van der Waals surface area contributed by atoms with Crippen molar-refractivity contribution in [2.24, 2.45) is 12.8 Å². The van der Waals surface area contributed by atoms with Crippen LogP contribution >= 0.6 is 0 Å². The van der Waals surface area contributed by atoms with Gasteiger partial charge >= 0.3 is 0 Å². The van der Waals surface area contributed by atoms with Crippen molar-refractivity contribution in [1.82, 2.24) is 4.57 Å². The van der Waals surface area contributed by atoms with Crippen molar-refractivity contribution in [3.8, 4) is 0 Å². The third-order valence-electron chi connectivity index (χ3n) is 2.84. The van der Waals surface area contributed by atoms with Gasteiger partial charge in [-0.05, 0) is 48.9 Å². The van der Waals surface area contributed by atoms with Crippen LogP contribution in [0, 0.1) is 0 Å². The summed E-state index contributed by atoms with van der Waals surface area (Å²) in [6, 6.07) is 9.09. The highest BCUT2D eigenvalue weighted by Crippen LogP contribution is 2.17. The van der Waals surface area contributed by atoms with Gasteiger partial charge in [0.2, 0.25) is 0 Å². The maximum Gasteiger partial charge on any atom is 0.0477 e. The fourth-order valence-electron chi connectivity index (χ4n) is 1.88. The molecule has 0 saturated heterocycles. The summed E-state index contributed by atoms with van der Waals surface area (Å²) in [4.78, 5) is 0. The van der Waals surface area contributed by atoms with Crippen molar-refractivity contribution in [3.05, 3.63) is 36.0 Å². The molecule has 2 nitrogen and oxygen atoms in total. The molecule has 0 aliphatic rings. The molecule has 0 aliphatic heterocycles. The summed E-state index contributed by atoms with van der Waals surface area (Å²) in [6.45, 7) is 2.06. The highest BCUT2D eigenvalue weighted by molar-refractivity contribution is 5.80. The Morgan fingerprint density at radius 2 is 2.13 bits per heavy atom. The van der Waals surface area contributed by atoms with Crippen molar-refractivity contribution in [3.63, 3.8) is 0 Å². The molecule has 1 atom stereocenters. The van der Waals surface area contributed by atoms with Crippen LogP contribution in [0.25, 0.3) is 10.9 Å². The Morgan fingerprint density at radius 3 is 2.87 bits per heavy atom. The number of nitrogens with zero attached hydrogens (tertiary/aromatic N) is 1. The summed E-state index contributed by atoms with van der Waals surface area (Å²) in [5.41, 5.74) is 8.42. The van der Waals surface area contributed by atoms with E-state index in [0.29, 0.717) is 0 Å². The lowest BCUT2D eigenvalue weighted by Gasteiger charge is -2.05. The first-order valence-electron chi connectivity index (χ1n) is 5.46.